The van der Waals surface area contributed by atoms with Crippen molar-refractivity contribution in [2.24, 2.45) is 0 Å². The van der Waals surface area contributed by atoms with Crippen LogP contribution in [0.4, 0.5) is 0 Å². The van der Waals surface area contributed by atoms with Crippen molar-refractivity contribution in [3.8, 4) is 17.4 Å². The molecule has 0 aliphatic carbocycles. The van der Waals surface area contributed by atoms with Crippen LogP contribution in [-0.2, 0) is 0 Å². The fourth-order valence-corrected chi connectivity index (χ4v) is 1.52. The summed E-state index contributed by atoms with van der Waals surface area (Å²) in [7, 11) is 1.48. The number of benzene rings is 1. The van der Waals surface area contributed by atoms with Gasteiger partial charge in [-0.05, 0) is 30.7 Å². The second-order valence-corrected chi connectivity index (χ2v) is 3.94. The highest BCUT2D eigenvalue weighted by Crippen LogP contribution is 2.27. The Bertz CT molecular complexity index is 593. The molecule has 0 aliphatic heterocycles. The molecule has 0 amide bonds. The average Bonchev–Trinajstić information content (AvgIpc) is 2.41. The van der Waals surface area contributed by atoms with Crippen molar-refractivity contribution in [2.45, 2.75) is 6.92 Å². The van der Waals surface area contributed by atoms with Crippen LogP contribution in [-0.4, -0.2) is 23.2 Å². The fourth-order valence-electron chi connectivity index (χ4n) is 1.52. The van der Waals surface area contributed by atoms with Crippen LogP contribution in [0.25, 0.3) is 0 Å². The van der Waals surface area contributed by atoms with E-state index in [4.69, 9.17) is 14.6 Å². The van der Waals surface area contributed by atoms with Gasteiger partial charge in [0.25, 0.3) is 0 Å². The van der Waals surface area contributed by atoms with E-state index < -0.39 is 5.97 Å². The lowest BCUT2D eigenvalue weighted by Crippen LogP contribution is -2.01. The molecule has 0 unspecified atom stereocenters. The van der Waals surface area contributed by atoms with E-state index in [1.54, 1.807) is 24.4 Å². The first-order chi connectivity index (χ1) is 9.10. The van der Waals surface area contributed by atoms with Gasteiger partial charge in [0.15, 0.2) is 0 Å². The van der Waals surface area contributed by atoms with E-state index in [1.807, 2.05) is 13.0 Å². The molecule has 1 aromatic heterocycles. The van der Waals surface area contributed by atoms with Crippen molar-refractivity contribution in [1.82, 2.24) is 4.98 Å². The number of carbonyl (C=O) groups is 1. The van der Waals surface area contributed by atoms with Gasteiger partial charge in [-0.3, -0.25) is 0 Å². The minimum atomic E-state index is -1.08. The Morgan fingerprint density at radius 3 is 2.63 bits per heavy atom. The number of aromatic nitrogens is 1. The van der Waals surface area contributed by atoms with Crippen LogP contribution in [0.3, 0.4) is 0 Å². The van der Waals surface area contributed by atoms with E-state index in [1.165, 1.54) is 13.2 Å². The van der Waals surface area contributed by atoms with Gasteiger partial charge in [0, 0.05) is 12.3 Å². The summed E-state index contributed by atoms with van der Waals surface area (Å²) in [6.07, 6.45) is 1.65. The van der Waals surface area contributed by atoms with Crippen LogP contribution in [0.15, 0.2) is 36.5 Å². The Morgan fingerprint density at radius 1 is 1.26 bits per heavy atom. The molecule has 1 N–H and O–H groups in total. The molecule has 0 bridgehead atoms. The van der Waals surface area contributed by atoms with E-state index in [0.717, 1.165) is 5.56 Å². The molecule has 0 fully saturated rings. The molecule has 0 spiro atoms. The molecule has 98 valence electrons. The van der Waals surface area contributed by atoms with Gasteiger partial charge < -0.3 is 14.6 Å². The zero-order chi connectivity index (χ0) is 13.8. The van der Waals surface area contributed by atoms with Gasteiger partial charge in [-0.2, -0.15) is 0 Å². The molecule has 2 aromatic rings. The number of ether oxygens (including phenoxy) is 2. The van der Waals surface area contributed by atoms with Crippen LogP contribution >= 0.6 is 0 Å². The summed E-state index contributed by atoms with van der Waals surface area (Å²) >= 11 is 0. The maximum Gasteiger partial charge on any atom is 0.339 e. The van der Waals surface area contributed by atoms with Crippen molar-refractivity contribution >= 4 is 5.97 Å². The van der Waals surface area contributed by atoms with Gasteiger partial charge >= 0.3 is 5.97 Å². The lowest BCUT2D eigenvalue weighted by Gasteiger charge is -2.09. The molecule has 2 rings (SSSR count). The van der Waals surface area contributed by atoms with E-state index in [9.17, 15) is 4.79 Å². The quantitative estimate of drug-likeness (QED) is 0.914. The zero-order valence-electron chi connectivity index (χ0n) is 10.6. The molecule has 1 heterocycles. The molecule has 0 saturated heterocycles. The van der Waals surface area contributed by atoms with Gasteiger partial charge in [0.05, 0.1) is 7.11 Å². The molecular formula is C14H13NO4. The van der Waals surface area contributed by atoms with Crippen molar-refractivity contribution in [1.29, 1.82) is 0 Å². The molecule has 0 radical (unpaired) electrons. The average molecular weight is 259 g/mol. The second-order valence-electron chi connectivity index (χ2n) is 3.94. The predicted octanol–water partition coefficient (Wildman–Crippen LogP) is 2.89. The van der Waals surface area contributed by atoms with Crippen LogP contribution in [0.2, 0.25) is 0 Å². The molecule has 5 nitrogen and oxygen atoms in total. The number of hydrogen-bond donors (Lipinski definition) is 1. The Kier molecular flexibility index (Phi) is 3.66. The number of aromatic carboxylic acids is 1. The molecule has 0 aliphatic rings. The Morgan fingerprint density at radius 2 is 2.05 bits per heavy atom. The third-order valence-electron chi connectivity index (χ3n) is 2.52. The van der Waals surface area contributed by atoms with Crippen molar-refractivity contribution in [3.63, 3.8) is 0 Å². The number of methoxy groups -OCH3 is 1. The van der Waals surface area contributed by atoms with Gasteiger partial charge in [0.2, 0.25) is 5.88 Å². The maximum absolute atomic E-state index is 11.2. The maximum atomic E-state index is 11.2. The first kappa shape index (κ1) is 12.9. The largest absolute Gasteiger partial charge is 0.497 e. The predicted molar refractivity (Wildman–Crippen MR) is 69.0 cm³/mol. The highest BCUT2D eigenvalue weighted by molar-refractivity contribution is 5.91. The SMILES string of the molecule is COc1ccc(Oc2ccc(C)cn2)c(C(=O)O)c1. The number of aryl methyl sites for hydroxylation is 1. The zero-order valence-corrected chi connectivity index (χ0v) is 10.6. The van der Waals surface area contributed by atoms with E-state index in [-0.39, 0.29) is 11.3 Å². The molecule has 0 saturated carbocycles. The first-order valence-corrected chi connectivity index (χ1v) is 5.62. The summed E-state index contributed by atoms with van der Waals surface area (Å²) in [6, 6.07) is 8.11. The number of carboxylic acid groups (broad SMARTS) is 1. The molecule has 19 heavy (non-hydrogen) atoms. The topological polar surface area (TPSA) is 68.7 Å². The van der Waals surface area contributed by atoms with E-state index in [0.29, 0.717) is 11.6 Å². The Labute approximate surface area is 110 Å². The number of rotatable bonds is 4. The summed E-state index contributed by atoms with van der Waals surface area (Å²) < 4.78 is 10.5. The van der Waals surface area contributed by atoms with E-state index in [2.05, 4.69) is 4.98 Å². The highest BCUT2D eigenvalue weighted by Gasteiger charge is 2.13. The Hall–Kier alpha value is -2.56. The van der Waals surface area contributed by atoms with Gasteiger partial charge in [-0.15, -0.1) is 0 Å². The van der Waals surface area contributed by atoms with Gasteiger partial charge in [0.1, 0.15) is 17.1 Å². The molecule has 5 heteroatoms. The summed E-state index contributed by atoms with van der Waals surface area (Å²) in [6.45, 7) is 1.91. The van der Waals surface area contributed by atoms with Crippen LogP contribution in [0.5, 0.6) is 17.4 Å². The summed E-state index contributed by atoms with van der Waals surface area (Å²) in [4.78, 5) is 15.2. The minimum Gasteiger partial charge on any atom is -0.497 e. The number of nitrogens with zero attached hydrogens (tertiary/aromatic N) is 1. The summed E-state index contributed by atoms with van der Waals surface area (Å²) in [5.74, 6) is -0.0504. The van der Waals surface area contributed by atoms with Crippen molar-refractivity contribution in [2.75, 3.05) is 7.11 Å². The normalized spacial score (nSPS) is 10.0. The number of hydrogen-bond acceptors (Lipinski definition) is 4. The third-order valence-corrected chi connectivity index (χ3v) is 2.52. The second kappa shape index (κ2) is 5.39. The van der Waals surface area contributed by atoms with Gasteiger partial charge in [-0.1, -0.05) is 6.07 Å². The fraction of sp³-hybridized carbons (Fsp3) is 0.143. The van der Waals surface area contributed by atoms with Crippen LogP contribution in [0, 0.1) is 6.92 Å². The summed E-state index contributed by atoms with van der Waals surface area (Å²) in [5, 5.41) is 9.15. The lowest BCUT2D eigenvalue weighted by molar-refractivity contribution is 0.0693. The Balaban J connectivity index is 2.33. The smallest absolute Gasteiger partial charge is 0.339 e. The number of carboxylic acids is 1. The van der Waals surface area contributed by atoms with Crippen molar-refractivity contribution in [3.05, 3.63) is 47.7 Å². The molecule has 1 aromatic carbocycles. The van der Waals surface area contributed by atoms with E-state index >= 15 is 0 Å². The number of pyridine rings is 1. The monoisotopic (exact) mass is 259 g/mol. The van der Waals surface area contributed by atoms with Crippen LogP contribution < -0.4 is 9.47 Å². The third kappa shape index (κ3) is 3.01. The first-order valence-electron chi connectivity index (χ1n) is 5.62. The highest BCUT2D eigenvalue weighted by atomic mass is 16.5. The molecule has 0 atom stereocenters. The summed E-state index contributed by atoms with van der Waals surface area (Å²) in [5.41, 5.74) is 1.03. The van der Waals surface area contributed by atoms with Gasteiger partial charge in [-0.25, -0.2) is 9.78 Å². The van der Waals surface area contributed by atoms with Crippen molar-refractivity contribution < 1.29 is 19.4 Å². The minimum absolute atomic E-state index is 0.0294. The molecular weight excluding hydrogens is 246 g/mol. The lowest BCUT2D eigenvalue weighted by atomic mass is 10.2. The standard InChI is InChI=1S/C14H13NO4/c1-9-3-6-13(15-8-9)19-12-5-4-10(18-2)7-11(12)14(16)17/h3-8H,1-2H3,(H,16,17). The van der Waals surface area contributed by atoms with Crippen LogP contribution in [0.1, 0.15) is 15.9 Å².